The number of anilines is 2. The van der Waals surface area contributed by atoms with Gasteiger partial charge in [-0.25, -0.2) is 0 Å². The molecular formula is C27H26F3N3O4S. The molecule has 0 spiro atoms. The van der Waals surface area contributed by atoms with Crippen LogP contribution < -0.4 is 10.6 Å². The number of halogens is 3. The van der Waals surface area contributed by atoms with E-state index >= 15 is 0 Å². The van der Waals surface area contributed by atoms with Gasteiger partial charge < -0.3 is 10.6 Å². The van der Waals surface area contributed by atoms with Crippen molar-refractivity contribution in [2.24, 2.45) is 11.3 Å². The lowest BCUT2D eigenvalue weighted by Crippen LogP contribution is -2.27. The van der Waals surface area contributed by atoms with E-state index in [9.17, 15) is 32.9 Å². The van der Waals surface area contributed by atoms with E-state index in [1.54, 1.807) is 0 Å². The molecular weight excluding hydrogens is 519 g/mol. The number of rotatable bonds is 5. The third-order valence-electron chi connectivity index (χ3n) is 6.73. The third-order valence-corrected chi connectivity index (χ3v) is 7.90. The SMILES string of the molecule is CC(C)(C)C1CCc2c(sc(NC(=O)c3ccc([N+](=O)[O-])cc3)c2C(=O)Nc2cccc(C(F)(F)F)c2)C1. The zero-order chi connectivity index (χ0) is 27.8. The van der Waals surface area contributed by atoms with Gasteiger partial charge in [-0.05, 0) is 66.5 Å². The molecule has 0 saturated heterocycles. The van der Waals surface area contributed by atoms with E-state index in [0.29, 0.717) is 18.8 Å². The Morgan fingerprint density at radius 3 is 2.32 bits per heavy atom. The number of thiophene rings is 1. The maximum absolute atomic E-state index is 13.4. The summed E-state index contributed by atoms with van der Waals surface area (Å²) >= 11 is 1.28. The number of nitrogens with one attached hydrogen (secondary N) is 2. The Morgan fingerprint density at radius 2 is 1.71 bits per heavy atom. The molecule has 7 nitrogen and oxygen atoms in total. The summed E-state index contributed by atoms with van der Waals surface area (Å²) in [4.78, 5) is 37.7. The van der Waals surface area contributed by atoms with Crippen LogP contribution >= 0.6 is 11.3 Å². The standard InChI is InChI=1S/C27H26F3N3O4S/c1-26(2,3)16-9-12-20-21(14-16)38-25(32-23(34)15-7-10-19(11-8-15)33(36)37)22(20)24(35)31-18-6-4-5-17(13-18)27(28,29)30/h4-8,10-11,13,16H,9,12,14H2,1-3H3,(H,31,35)(H,32,34). The van der Waals surface area contributed by atoms with E-state index in [1.807, 2.05) is 0 Å². The van der Waals surface area contributed by atoms with Gasteiger partial charge in [0.05, 0.1) is 16.1 Å². The Hall–Kier alpha value is -3.73. The molecule has 0 aliphatic heterocycles. The van der Waals surface area contributed by atoms with Crippen LogP contribution in [-0.4, -0.2) is 16.7 Å². The van der Waals surface area contributed by atoms with Gasteiger partial charge in [-0.1, -0.05) is 26.8 Å². The highest BCUT2D eigenvalue weighted by Crippen LogP contribution is 2.44. The van der Waals surface area contributed by atoms with Crippen LogP contribution in [0.15, 0.2) is 48.5 Å². The molecule has 1 heterocycles. The number of carbonyl (C=O) groups excluding carboxylic acids is 2. The molecule has 3 aromatic rings. The molecule has 1 aliphatic rings. The van der Waals surface area contributed by atoms with Gasteiger partial charge >= 0.3 is 6.18 Å². The Morgan fingerprint density at radius 1 is 1.03 bits per heavy atom. The van der Waals surface area contributed by atoms with E-state index in [0.717, 1.165) is 29.0 Å². The number of nitro benzene ring substituents is 1. The summed E-state index contributed by atoms with van der Waals surface area (Å²) in [6.45, 7) is 6.44. The van der Waals surface area contributed by atoms with E-state index in [2.05, 4.69) is 31.4 Å². The normalized spacial score (nSPS) is 15.5. The number of nitrogens with zero attached hydrogens (tertiary/aromatic N) is 1. The van der Waals surface area contributed by atoms with Gasteiger partial charge in [0.25, 0.3) is 17.5 Å². The average Bonchev–Trinajstić information content (AvgIpc) is 3.20. The molecule has 2 amide bonds. The summed E-state index contributed by atoms with van der Waals surface area (Å²) in [7, 11) is 0. The first-order valence-electron chi connectivity index (χ1n) is 11.9. The molecule has 1 unspecified atom stereocenters. The van der Waals surface area contributed by atoms with Crippen LogP contribution in [0.4, 0.5) is 29.5 Å². The van der Waals surface area contributed by atoms with Crippen molar-refractivity contribution >= 4 is 39.5 Å². The number of nitro groups is 1. The third kappa shape index (κ3) is 5.88. The molecule has 0 saturated carbocycles. The molecule has 11 heteroatoms. The fraction of sp³-hybridized carbons (Fsp3) is 0.333. The fourth-order valence-electron chi connectivity index (χ4n) is 4.53. The van der Waals surface area contributed by atoms with Crippen molar-refractivity contribution in [1.29, 1.82) is 0 Å². The summed E-state index contributed by atoms with van der Waals surface area (Å²) in [6.07, 6.45) is -2.44. The molecule has 0 radical (unpaired) electrons. The van der Waals surface area contributed by atoms with E-state index in [-0.39, 0.29) is 32.9 Å². The van der Waals surface area contributed by atoms with Crippen LogP contribution in [-0.2, 0) is 19.0 Å². The minimum Gasteiger partial charge on any atom is -0.322 e. The van der Waals surface area contributed by atoms with Crippen molar-refractivity contribution in [2.45, 2.75) is 46.2 Å². The lowest BCUT2D eigenvalue weighted by atomic mass is 9.72. The fourth-order valence-corrected chi connectivity index (χ4v) is 5.85. The Labute approximate surface area is 221 Å². The minimum atomic E-state index is -4.56. The summed E-state index contributed by atoms with van der Waals surface area (Å²) in [6, 6.07) is 9.43. The van der Waals surface area contributed by atoms with Gasteiger partial charge in [0.1, 0.15) is 5.00 Å². The van der Waals surface area contributed by atoms with E-state index in [1.165, 1.54) is 47.7 Å². The number of hydrogen-bond acceptors (Lipinski definition) is 5. The number of alkyl halides is 3. The first-order chi connectivity index (χ1) is 17.7. The second-order valence-corrected chi connectivity index (χ2v) is 11.4. The molecule has 2 N–H and O–H groups in total. The number of benzene rings is 2. The number of carbonyl (C=O) groups is 2. The molecule has 38 heavy (non-hydrogen) atoms. The van der Waals surface area contributed by atoms with Crippen molar-refractivity contribution < 1.29 is 27.7 Å². The number of amides is 2. The van der Waals surface area contributed by atoms with Crippen molar-refractivity contribution in [2.75, 3.05) is 10.6 Å². The van der Waals surface area contributed by atoms with Crippen LogP contribution in [0.2, 0.25) is 0 Å². The predicted octanol–water partition coefficient (Wildman–Crippen LogP) is 7.33. The van der Waals surface area contributed by atoms with Crippen molar-refractivity contribution in [3.05, 3.63) is 85.8 Å². The van der Waals surface area contributed by atoms with Crippen LogP contribution in [0.3, 0.4) is 0 Å². The molecule has 1 aliphatic carbocycles. The second kappa shape index (κ2) is 10.2. The predicted molar refractivity (Wildman–Crippen MR) is 140 cm³/mol. The molecule has 2 aromatic carbocycles. The summed E-state index contributed by atoms with van der Waals surface area (Å²) in [5, 5.41) is 16.5. The van der Waals surface area contributed by atoms with E-state index < -0.39 is 28.5 Å². The first kappa shape index (κ1) is 27.3. The van der Waals surface area contributed by atoms with E-state index in [4.69, 9.17) is 0 Å². The molecule has 4 rings (SSSR count). The lowest BCUT2D eigenvalue weighted by molar-refractivity contribution is -0.384. The largest absolute Gasteiger partial charge is 0.416 e. The van der Waals surface area contributed by atoms with Gasteiger partial charge in [-0.2, -0.15) is 13.2 Å². The van der Waals surface area contributed by atoms with Gasteiger partial charge in [0.15, 0.2) is 0 Å². The van der Waals surface area contributed by atoms with Crippen molar-refractivity contribution in [1.82, 2.24) is 0 Å². The maximum Gasteiger partial charge on any atom is 0.416 e. The van der Waals surface area contributed by atoms with Gasteiger partial charge in [0.2, 0.25) is 0 Å². The Kier molecular flexibility index (Phi) is 7.33. The van der Waals surface area contributed by atoms with Crippen molar-refractivity contribution in [3.63, 3.8) is 0 Å². The highest BCUT2D eigenvalue weighted by atomic mass is 32.1. The zero-order valence-electron chi connectivity index (χ0n) is 20.9. The molecule has 0 fully saturated rings. The highest BCUT2D eigenvalue weighted by molar-refractivity contribution is 7.17. The monoisotopic (exact) mass is 545 g/mol. The quantitative estimate of drug-likeness (QED) is 0.259. The average molecular weight is 546 g/mol. The van der Waals surface area contributed by atoms with Crippen LogP contribution in [0.5, 0.6) is 0 Å². The molecule has 1 atom stereocenters. The van der Waals surface area contributed by atoms with Crippen LogP contribution in [0, 0.1) is 21.4 Å². The van der Waals surface area contributed by atoms with Crippen molar-refractivity contribution in [3.8, 4) is 0 Å². The first-order valence-corrected chi connectivity index (χ1v) is 12.7. The Bertz CT molecular complexity index is 1390. The second-order valence-electron chi connectivity index (χ2n) is 10.3. The molecule has 200 valence electrons. The highest BCUT2D eigenvalue weighted by Gasteiger charge is 2.35. The topological polar surface area (TPSA) is 101 Å². The van der Waals surface area contributed by atoms with Crippen LogP contribution in [0.25, 0.3) is 0 Å². The smallest absolute Gasteiger partial charge is 0.322 e. The van der Waals surface area contributed by atoms with Crippen LogP contribution in [0.1, 0.15) is 63.9 Å². The summed E-state index contributed by atoms with van der Waals surface area (Å²) < 4.78 is 39.5. The number of hydrogen-bond donors (Lipinski definition) is 2. The zero-order valence-corrected chi connectivity index (χ0v) is 21.8. The minimum absolute atomic E-state index is 0.0132. The maximum atomic E-state index is 13.4. The van der Waals surface area contributed by atoms with Gasteiger partial charge in [-0.15, -0.1) is 11.3 Å². The Balaban J connectivity index is 1.67. The summed E-state index contributed by atoms with van der Waals surface area (Å²) in [5.74, 6) is -0.819. The number of non-ortho nitro benzene ring substituents is 1. The summed E-state index contributed by atoms with van der Waals surface area (Å²) in [5.41, 5.74) is 0.137. The lowest BCUT2D eigenvalue weighted by Gasteiger charge is -2.33. The molecule has 1 aromatic heterocycles. The molecule has 0 bridgehead atoms. The van der Waals surface area contributed by atoms with Gasteiger partial charge in [0, 0.05) is 28.3 Å². The number of fused-ring (bicyclic) bond motifs is 1. The van der Waals surface area contributed by atoms with Gasteiger partial charge in [-0.3, -0.25) is 19.7 Å².